The van der Waals surface area contributed by atoms with Crippen LogP contribution < -0.4 is 5.32 Å². The summed E-state index contributed by atoms with van der Waals surface area (Å²) in [6.07, 6.45) is 3.84. The van der Waals surface area contributed by atoms with E-state index in [9.17, 15) is 4.79 Å². The van der Waals surface area contributed by atoms with Crippen molar-refractivity contribution < 1.29 is 9.21 Å². The molecular weight excluding hydrogens is 288 g/mol. The largest absolute Gasteiger partial charge is 0.408 e. The van der Waals surface area contributed by atoms with Crippen molar-refractivity contribution in [3.05, 3.63) is 28.3 Å². The molecule has 0 unspecified atom stereocenters. The van der Waals surface area contributed by atoms with Gasteiger partial charge < -0.3 is 9.40 Å². The highest BCUT2D eigenvalue weighted by Gasteiger charge is 2.29. The fourth-order valence-corrected chi connectivity index (χ4v) is 1.79. The van der Waals surface area contributed by atoms with Crippen LogP contribution in [0.2, 0.25) is 0 Å². The highest BCUT2D eigenvalue weighted by atomic mass is 79.9. The Balaban J connectivity index is 1.71. The Labute approximate surface area is 105 Å². The van der Waals surface area contributed by atoms with Crippen LogP contribution in [0.15, 0.2) is 21.2 Å². The van der Waals surface area contributed by atoms with Crippen LogP contribution in [0.3, 0.4) is 0 Å². The summed E-state index contributed by atoms with van der Waals surface area (Å²) in [6.45, 7) is 0. The number of aromatic amines is 1. The summed E-state index contributed by atoms with van der Waals surface area (Å²) < 4.78 is 6.14. The van der Waals surface area contributed by atoms with Crippen molar-refractivity contribution >= 4 is 27.9 Å². The molecule has 1 amide bonds. The van der Waals surface area contributed by atoms with Gasteiger partial charge in [0.1, 0.15) is 5.69 Å². The molecule has 2 heterocycles. The third kappa shape index (κ3) is 2.23. The minimum Gasteiger partial charge on any atom is -0.408 e. The molecule has 88 valence electrons. The third-order valence-corrected chi connectivity index (χ3v) is 2.94. The van der Waals surface area contributed by atoms with E-state index >= 15 is 0 Å². The second-order valence-electron chi connectivity index (χ2n) is 3.91. The van der Waals surface area contributed by atoms with E-state index in [1.165, 1.54) is 0 Å². The van der Waals surface area contributed by atoms with Gasteiger partial charge in [-0.25, -0.2) is 0 Å². The van der Waals surface area contributed by atoms with Crippen molar-refractivity contribution in [2.45, 2.75) is 18.8 Å². The summed E-state index contributed by atoms with van der Waals surface area (Å²) in [5.74, 6) is 0.683. The molecule has 2 N–H and O–H groups in total. The second kappa shape index (κ2) is 3.99. The molecule has 1 aliphatic rings. The number of carbonyl (C=O) groups excluding carboxylic acids is 1. The fourth-order valence-electron chi connectivity index (χ4n) is 1.44. The molecule has 2 aromatic rings. The van der Waals surface area contributed by atoms with Gasteiger partial charge in [0.15, 0.2) is 0 Å². The quantitative estimate of drug-likeness (QED) is 0.910. The molecule has 0 spiro atoms. The number of aromatic nitrogens is 3. The molecule has 0 aliphatic heterocycles. The van der Waals surface area contributed by atoms with E-state index in [2.05, 4.69) is 36.4 Å². The number of nitrogens with zero attached hydrogens (tertiary/aromatic N) is 2. The number of anilines is 1. The van der Waals surface area contributed by atoms with Crippen LogP contribution in [0.5, 0.6) is 0 Å². The van der Waals surface area contributed by atoms with Crippen molar-refractivity contribution in [2.75, 3.05) is 5.32 Å². The van der Waals surface area contributed by atoms with E-state index in [0.717, 1.165) is 17.3 Å². The van der Waals surface area contributed by atoms with Crippen LogP contribution in [-0.4, -0.2) is 21.1 Å². The smallest absolute Gasteiger partial charge is 0.322 e. The minimum atomic E-state index is -0.304. The number of hydrogen-bond donors (Lipinski definition) is 2. The number of hydrogen-bond acceptors (Lipinski definition) is 4. The zero-order valence-corrected chi connectivity index (χ0v) is 10.3. The van der Waals surface area contributed by atoms with Crippen LogP contribution in [0, 0.1) is 0 Å². The zero-order valence-electron chi connectivity index (χ0n) is 8.74. The Hall–Kier alpha value is -1.63. The van der Waals surface area contributed by atoms with Gasteiger partial charge in [-0.15, -0.1) is 5.10 Å². The van der Waals surface area contributed by atoms with Gasteiger partial charge >= 0.3 is 6.01 Å². The van der Waals surface area contributed by atoms with Gasteiger partial charge in [-0.1, -0.05) is 5.10 Å². The third-order valence-electron chi connectivity index (χ3n) is 2.48. The number of amides is 1. The zero-order chi connectivity index (χ0) is 11.8. The molecule has 0 saturated heterocycles. The number of nitrogens with one attached hydrogen (secondary N) is 2. The Morgan fingerprint density at radius 1 is 1.53 bits per heavy atom. The number of H-pyrrole nitrogens is 1. The van der Waals surface area contributed by atoms with E-state index in [0.29, 0.717) is 17.5 Å². The van der Waals surface area contributed by atoms with Crippen LogP contribution in [0.4, 0.5) is 6.01 Å². The molecule has 2 aromatic heterocycles. The highest BCUT2D eigenvalue weighted by molar-refractivity contribution is 9.10. The summed E-state index contributed by atoms with van der Waals surface area (Å²) in [6, 6.07) is 1.82. The van der Waals surface area contributed by atoms with Crippen LogP contribution in [0.25, 0.3) is 0 Å². The van der Waals surface area contributed by atoms with E-state index in [1.54, 1.807) is 12.3 Å². The van der Waals surface area contributed by atoms with Crippen molar-refractivity contribution in [3.8, 4) is 0 Å². The fraction of sp³-hybridized carbons (Fsp3) is 0.300. The van der Waals surface area contributed by atoms with Crippen LogP contribution >= 0.6 is 15.9 Å². The lowest BCUT2D eigenvalue weighted by atomic mass is 10.4. The first-order chi connectivity index (χ1) is 8.22. The monoisotopic (exact) mass is 296 g/mol. The van der Waals surface area contributed by atoms with E-state index < -0.39 is 0 Å². The second-order valence-corrected chi connectivity index (χ2v) is 4.82. The molecule has 0 radical (unpaired) electrons. The summed E-state index contributed by atoms with van der Waals surface area (Å²) in [5.41, 5.74) is 0.433. The lowest BCUT2D eigenvalue weighted by Crippen LogP contribution is -2.12. The normalized spacial score (nSPS) is 14.9. The van der Waals surface area contributed by atoms with Gasteiger partial charge in [0.2, 0.25) is 5.89 Å². The highest BCUT2D eigenvalue weighted by Crippen LogP contribution is 2.39. The SMILES string of the molecule is O=C(Nc1nnc(C2CC2)o1)c1cc(Br)c[nH]1. The first kappa shape index (κ1) is 10.5. The lowest BCUT2D eigenvalue weighted by Gasteiger charge is -1.96. The van der Waals surface area contributed by atoms with Gasteiger partial charge in [0.05, 0.1) is 0 Å². The molecule has 1 aliphatic carbocycles. The van der Waals surface area contributed by atoms with E-state index in [-0.39, 0.29) is 11.9 Å². The molecule has 0 atom stereocenters. The maximum atomic E-state index is 11.7. The van der Waals surface area contributed by atoms with Crippen molar-refractivity contribution in [2.24, 2.45) is 0 Å². The van der Waals surface area contributed by atoms with Gasteiger partial charge in [-0.05, 0) is 34.8 Å². The van der Waals surface area contributed by atoms with Crippen molar-refractivity contribution in [3.63, 3.8) is 0 Å². The van der Waals surface area contributed by atoms with E-state index in [1.807, 2.05) is 0 Å². The van der Waals surface area contributed by atoms with Gasteiger partial charge in [0, 0.05) is 16.6 Å². The molecule has 6 nitrogen and oxygen atoms in total. The summed E-state index contributed by atoms with van der Waals surface area (Å²) >= 11 is 3.25. The van der Waals surface area contributed by atoms with Crippen LogP contribution in [-0.2, 0) is 0 Å². The lowest BCUT2D eigenvalue weighted by molar-refractivity contribution is 0.102. The molecule has 0 bridgehead atoms. The predicted octanol–water partition coefficient (Wildman–Crippen LogP) is 2.29. The molecule has 1 fully saturated rings. The standard InChI is InChI=1S/C10H9BrN4O2/c11-6-3-7(12-4-6)8(16)13-10-15-14-9(17-10)5-1-2-5/h3-5,12H,1-2H2,(H,13,15,16). The number of carbonyl (C=O) groups is 1. The molecule has 17 heavy (non-hydrogen) atoms. The average Bonchev–Trinajstić information content (AvgIpc) is 2.90. The van der Waals surface area contributed by atoms with Crippen LogP contribution in [0.1, 0.15) is 35.1 Å². The predicted molar refractivity (Wildman–Crippen MR) is 62.7 cm³/mol. The first-order valence-corrected chi connectivity index (χ1v) is 6.00. The Kier molecular flexibility index (Phi) is 2.47. The van der Waals surface area contributed by atoms with Gasteiger partial charge in [-0.3, -0.25) is 10.1 Å². The summed E-state index contributed by atoms with van der Waals surface area (Å²) in [7, 11) is 0. The Morgan fingerprint density at radius 2 is 2.35 bits per heavy atom. The summed E-state index contributed by atoms with van der Waals surface area (Å²) in [4.78, 5) is 14.5. The number of rotatable bonds is 3. The molecule has 0 aromatic carbocycles. The maximum absolute atomic E-state index is 11.7. The number of halogens is 1. The van der Waals surface area contributed by atoms with E-state index in [4.69, 9.17) is 4.42 Å². The molecule has 3 rings (SSSR count). The molecule has 1 saturated carbocycles. The van der Waals surface area contributed by atoms with Crippen molar-refractivity contribution in [1.82, 2.24) is 15.2 Å². The van der Waals surface area contributed by atoms with Gasteiger partial charge in [-0.2, -0.15) is 0 Å². The topological polar surface area (TPSA) is 83.8 Å². The maximum Gasteiger partial charge on any atom is 0.322 e. The molecule has 7 heteroatoms. The molecular formula is C10H9BrN4O2. The first-order valence-electron chi connectivity index (χ1n) is 5.21. The summed E-state index contributed by atoms with van der Waals surface area (Å²) in [5, 5.41) is 10.2. The van der Waals surface area contributed by atoms with Crippen molar-refractivity contribution in [1.29, 1.82) is 0 Å². The average molecular weight is 297 g/mol. The minimum absolute atomic E-state index is 0.141. The van der Waals surface area contributed by atoms with Gasteiger partial charge in [0.25, 0.3) is 5.91 Å². The Bertz CT molecular complexity index is 558. The Morgan fingerprint density at radius 3 is 3.00 bits per heavy atom.